The van der Waals surface area contributed by atoms with Gasteiger partial charge in [0.15, 0.2) is 0 Å². The zero-order valence-electron chi connectivity index (χ0n) is 23.4. The molecule has 2 rings (SSSR count). The van der Waals surface area contributed by atoms with Crippen molar-refractivity contribution in [2.45, 2.75) is 60.4 Å². The molecule has 0 saturated heterocycles. The van der Waals surface area contributed by atoms with Crippen molar-refractivity contribution >= 4 is 23.8 Å². The number of rotatable bonds is 8. The number of amides is 1. The second-order valence-corrected chi connectivity index (χ2v) is 9.36. The number of aldehydes is 1. The van der Waals surface area contributed by atoms with Crippen LogP contribution in [0.2, 0.25) is 0 Å². The normalized spacial score (nSPS) is 14.9. The smallest absolute Gasteiger partial charge is 0.236 e. The van der Waals surface area contributed by atoms with Crippen LogP contribution >= 0.6 is 0 Å². The molecule has 0 fully saturated rings. The van der Waals surface area contributed by atoms with Gasteiger partial charge in [0.1, 0.15) is 6.29 Å². The summed E-state index contributed by atoms with van der Waals surface area (Å²) in [5.41, 5.74) is 7.19. The van der Waals surface area contributed by atoms with Gasteiger partial charge in [0.2, 0.25) is 5.91 Å². The van der Waals surface area contributed by atoms with Crippen molar-refractivity contribution in [1.29, 1.82) is 0 Å². The maximum Gasteiger partial charge on any atom is 0.236 e. The summed E-state index contributed by atoms with van der Waals surface area (Å²) in [6, 6.07) is 8.30. The van der Waals surface area contributed by atoms with Gasteiger partial charge in [0, 0.05) is 19.1 Å². The van der Waals surface area contributed by atoms with Gasteiger partial charge in [-0.3, -0.25) is 4.79 Å². The van der Waals surface area contributed by atoms with E-state index in [1.54, 1.807) is 7.05 Å². The molecule has 36 heavy (non-hydrogen) atoms. The first-order valence-electron chi connectivity index (χ1n) is 12.5. The van der Waals surface area contributed by atoms with Gasteiger partial charge in [-0.2, -0.15) is 0 Å². The third-order valence-electron chi connectivity index (χ3n) is 5.49. The molecule has 5 heteroatoms. The van der Waals surface area contributed by atoms with Gasteiger partial charge in [0.05, 0.1) is 6.04 Å². The van der Waals surface area contributed by atoms with Crippen LogP contribution in [0, 0.1) is 5.41 Å². The van der Waals surface area contributed by atoms with Crippen molar-refractivity contribution in [1.82, 2.24) is 10.6 Å². The van der Waals surface area contributed by atoms with Crippen LogP contribution < -0.4 is 10.6 Å². The summed E-state index contributed by atoms with van der Waals surface area (Å²) in [4.78, 5) is 21.9. The van der Waals surface area contributed by atoms with E-state index in [2.05, 4.69) is 72.7 Å². The highest BCUT2D eigenvalue weighted by molar-refractivity contribution is 5.92. The Kier molecular flexibility index (Phi) is 16.0. The molecule has 1 atom stereocenters. The van der Waals surface area contributed by atoms with Crippen molar-refractivity contribution in [2.24, 2.45) is 5.41 Å². The van der Waals surface area contributed by atoms with Crippen LogP contribution in [0.15, 0.2) is 71.9 Å². The van der Waals surface area contributed by atoms with Gasteiger partial charge >= 0.3 is 0 Å². The molecular weight excluding hydrogens is 448 g/mol. The van der Waals surface area contributed by atoms with E-state index in [0.29, 0.717) is 6.54 Å². The largest absolute Gasteiger partial charge is 0.400 e. The number of likely N-dealkylation sites (N-methyl/N-ethyl adjacent to an activating group) is 1. The lowest BCUT2D eigenvalue weighted by Gasteiger charge is -2.19. The van der Waals surface area contributed by atoms with Crippen molar-refractivity contribution in [2.75, 3.05) is 20.7 Å². The molecule has 198 valence electrons. The highest BCUT2D eigenvalue weighted by Gasteiger charge is 2.19. The first-order valence-corrected chi connectivity index (χ1v) is 12.5. The summed E-state index contributed by atoms with van der Waals surface area (Å²) in [5, 5.41) is 13.0. The molecule has 1 aliphatic carbocycles. The van der Waals surface area contributed by atoms with Crippen LogP contribution in [0.1, 0.15) is 65.5 Å². The lowest BCUT2D eigenvalue weighted by atomic mass is 9.86. The molecule has 1 aromatic carbocycles. The number of allylic oxidation sites excluding steroid dienone is 7. The fraction of sp³-hybridized carbons (Fsp3) is 0.419. The Morgan fingerprint density at radius 1 is 1.17 bits per heavy atom. The van der Waals surface area contributed by atoms with Crippen LogP contribution in [-0.2, 0) is 9.59 Å². The van der Waals surface area contributed by atoms with E-state index < -0.39 is 0 Å². The molecule has 0 radical (unpaired) electrons. The van der Waals surface area contributed by atoms with Crippen molar-refractivity contribution in [3.05, 3.63) is 83.0 Å². The first kappa shape index (κ1) is 33.0. The molecule has 1 aliphatic rings. The summed E-state index contributed by atoms with van der Waals surface area (Å²) in [6.45, 7) is 16.4. The minimum absolute atomic E-state index is 0.0295. The second kappa shape index (κ2) is 17.4. The van der Waals surface area contributed by atoms with Gasteiger partial charge in [-0.15, -0.1) is 0 Å². The minimum atomic E-state index is -0.189. The average Bonchev–Trinajstić information content (AvgIpc) is 3.04. The number of fused-ring (bicyclic) bond motifs is 1. The monoisotopic (exact) mass is 494 g/mol. The fourth-order valence-electron chi connectivity index (χ4n) is 3.43. The molecule has 0 saturated carbocycles. The maximum absolute atomic E-state index is 12.1. The minimum Gasteiger partial charge on any atom is -0.400 e. The van der Waals surface area contributed by atoms with Crippen molar-refractivity contribution in [3.8, 4) is 0 Å². The highest BCUT2D eigenvalue weighted by Crippen LogP contribution is 2.38. The topological polar surface area (TPSA) is 78.4 Å². The Morgan fingerprint density at radius 2 is 1.78 bits per heavy atom. The predicted molar refractivity (Wildman–Crippen MR) is 155 cm³/mol. The lowest BCUT2D eigenvalue weighted by molar-refractivity contribution is -0.122. The van der Waals surface area contributed by atoms with E-state index in [1.807, 2.05) is 40.7 Å². The van der Waals surface area contributed by atoms with Gasteiger partial charge < -0.3 is 20.5 Å². The van der Waals surface area contributed by atoms with E-state index in [0.717, 1.165) is 31.8 Å². The van der Waals surface area contributed by atoms with Gasteiger partial charge in [0.25, 0.3) is 0 Å². The molecular formula is C31H46N2O3. The average molecular weight is 495 g/mol. The Balaban J connectivity index is 0.00000134. The van der Waals surface area contributed by atoms with Crippen LogP contribution in [0.4, 0.5) is 0 Å². The molecule has 0 aromatic heterocycles. The van der Waals surface area contributed by atoms with E-state index in [1.165, 1.54) is 27.8 Å². The number of aliphatic hydroxyl groups is 1. The van der Waals surface area contributed by atoms with Crippen LogP contribution in [0.3, 0.4) is 0 Å². The number of benzene rings is 1. The summed E-state index contributed by atoms with van der Waals surface area (Å²) in [5.74, 6) is 0.0295. The highest BCUT2D eigenvalue weighted by atomic mass is 16.2. The fourth-order valence-corrected chi connectivity index (χ4v) is 3.43. The Morgan fingerprint density at radius 3 is 2.28 bits per heavy atom. The van der Waals surface area contributed by atoms with E-state index in [-0.39, 0.29) is 17.4 Å². The Bertz CT molecular complexity index is 976. The molecule has 0 unspecified atom stereocenters. The van der Waals surface area contributed by atoms with Gasteiger partial charge in [-0.05, 0) is 61.6 Å². The summed E-state index contributed by atoms with van der Waals surface area (Å²) in [6.07, 6.45) is 13.1. The molecule has 0 bridgehead atoms. The lowest BCUT2D eigenvalue weighted by Crippen LogP contribution is -2.40. The summed E-state index contributed by atoms with van der Waals surface area (Å²) >= 11 is 0. The van der Waals surface area contributed by atoms with Gasteiger partial charge in [-0.1, -0.05) is 94.5 Å². The van der Waals surface area contributed by atoms with Crippen LogP contribution in [0.25, 0.3) is 11.6 Å². The maximum atomic E-state index is 12.1. The molecule has 0 heterocycles. The van der Waals surface area contributed by atoms with E-state index >= 15 is 0 Å². The standard InChI is InChI=1S/C25H32N2O.C5H10O.CH4O/c1-6-11-22-19(7-2)14-15-21-12-9-10-13-23(21)24(22)20(8-3)16-17-27-25(28)18(4)26-5;1-5(2,3)4-6;1-2/h6-7,9-15,18,26H,2,8,16-17H2,1,3-5H3,(H,27,28);4H,1-3H3;2H,1H3/b11-6-,24-20+;;/t18-;;/m0../s1. The third-order valence-corrected chi connectivity index (χ3v) is 5.49. The second-order valence-electron chi connectivity index (χ2n) is 9.36. The molecule has 5 nitrogen and oxygen atoms in total. The van der Waals surface area contributed by atoms with Gasteiger partial charge in [-0.25, -0.2) is 0 Å². The van der Waals surface area contributed by atoms with Crippen molar-refractivity contribution < 1.29 is 14.7 Å². The Labute approximate surface area is 218 Å². The summed E-state index contributed by atoms with van der Waals surface area (Å²) < 4.78 is 0. The number of hydrogen-bond donors (Lipinski definition) is 3. The van der Waals surface area contributed by atoms with E-state index in [9.17, 15) is 9.59 Å². The number of carbonyl (C=O) groups is 2. The van der Waals surface area contributed by atoms with Crippen LogP contribution in [-0.4, -0.2) is 44.0 Å². The number of carbonyl (C=O) groups excluding carboxylic acids is 2. The molecule has 3 N–H and O–H groups in total. The number of hydrogen-bond acceptors (Lipinski definition) is 4. The molecule has 0 aliphatic heterocycles. The SMILES string of the molecule is C=CC1=C(/C=C\C)/C(=C(/CC)CCNC(=O)[C@H](C)NC)c2ccccc2C=C1.CC(C)(C)C=O.CO. The number of aliphatic hydroxyl groups excluding tert-OH is 1. The zero-order chi connectivity index (χ0) is 27.7. The van der Waals surface area contributed by atoms with Crippen molar-refractivity contribution in [3.63, 3.8) is 0 Å². The third kappa shape index (κ3) is 10.7. The molecule has 0 spiro atoms. The van der Waals surface area contributed by atoms with Crippen LogP contribution in [0.5, 0.6) is 0 Å². The quantitative estimate of drug-likeness (QED) is 0.394. The number of nitrogens with one attached hydrogen (secondary N) is 2. The summed E-state index contributed by atoms with van der Waals surface area (Å²) in [7, 11) is 2.80. The molecule has 1 aromatic rings. The Hall–Kier alpha value is -3.02. The predicted octanol–water partition coefficient (Wildman–Crippen LogP) is 5.89. The molecule has 1 amide bonds. The first-order chi connectivity index (χ1) is 17.1. The zero-order valence-corrected chi connectivity index (χ0v) is 23.4. The van der Waals surface area contributed by atoms with E-state index in [4.69, 9.17) is 5.11 Å².